The number of carbonyl (C=O) groups excluding carboxylic acids is 2. The average molecular weight is 305 g/mol. The summed E-state index contributed by atoms with van der Waals surface area (Å²) >= 11 is 0. The van der Waals surface area contributed by atoms with Crippen molar-refractivity contribution in [1.82, 2.24) is 15.1 Å². The Morgan fingerprint density at radius 1 is 1.27 bits per heavy atom. The number of hydrogen-bond acceptors (Lipinski definition) is 4. The van der Waals surface area contributed by atoms with E-state index in [0.717, 1.165) is 45.3 Å². The topological polar surface area (TPSA) is 65.8 Å². The normalized spacial score (nSPS) is 21.2. The van der Waals surface area contributed by atoms with Crippen LogP contribution in [-0.2, 0) is 4.79 Å². The lowest BCUT2D eigenvalue weighted by Crippen LogP contribution is -2.55. The summed E-state index contributed by atoms with van der Waals surface area (Å²) in [5.74, 6) is 0.440. The summed E-state index contributed by atoms with van der Waals surface area (Å²) in [6.07, 6.45) is 5.63. The minimum absolute atomic E-state index is 0.0318. The summed E-state index contributed by atoms with van der Waals surface area (Å²) in [4.78, 5) is 28.2. The van der Waals surface area contributed by atoms with Gasteiger partial charge in [-0.25, -0.2) is 0 Å². The van der Waals surface area contributed by atoms with Crippen molar-refractivity contribution < 1.29 is 14.0 Å². The van der Waals surface area contributed by atoms with Crippen LogP contribution in [0.1, 0.15) is 36.2 Å². The van der Waals surface area contributed by atoms with Gasteiger partial charge in [-0.2, -0.15) is 0 Å². The second kappa shape index (κ2) is 6.12. The Hall–Kier alpha value is -1.82. The largest absolute Gasteiger partial charge is 0.459 e. The summed E-state index contributed by atoms with van der Waals surface area (Å²) < 4.78 is 5.20. The number of nitrogens with one attached hydrogen (secondary N) is 1. The standard InChI is InChI=1S/C16H23N3O3/c1-17-14(20)12-19-8-3-5-16(19)6-9-18(10-7-16)15(21)13-4-2-11-22-13/h2,4,11H,3,5-10,12H2,1H3,(H,17,20). The van der Waals surface area contributed by atoms with Gasteiger partial charge in [-0.05, 0) is 44.4 Å². The average Bonchev–Trinajstić information content (AvgIpc) is 3.19. The van der Waals surface area contributed by atoms with Crippen LogP contribution in [0.3, 0.4) is 0 Å². The molecule has 1 N–H and O–H groups in total. The molecule has 120 valence electrons. The molecular formula is C16H23N3O3. The molecule has 0 saturated carbocycles. The number of likely N-dealkylation sites (tertiary alicyclic amines) is 2. The quantitative estimate of drug-likeness (QED) is 0.908. The van der Waals surface area contributed by atoms with Gasteiger partial charge in [0.15, 0.2) is 5.76 Å². The Balaban J connectivity index is 1.62. The molecule has 2 aliphatic rings. The molecule has 1 aromatic rings. The van der Waals surface area contributed by atoms with Crippen LogP contribution in [0.2, 0.25) is 0 Å². The number of amides is 2. The molecule has 0 unspecified atom stereocenters. The highest BCUT2D eigenvalue weighted by atomic mass is 16.3. The zero-order valence-electron chi connectivity index (χ0n) is 13.0. The minimum Gasteiger partial charge on any atom is -0.459 e. The monoisotopic (exact) mass is 305 g/mol. The highest BCUT2D eigenvalue weighted by Gasteiger charge is 2.44. The van der Waals surface area contributed by atoms with Crippen LogP contribution in [0.15, 0.2) is 22.8 Å². The maximum absolute atomic E-state index is 12.3. The summed E-state index contributed by atoms with van der Waals surface area (Å²) in [6.45, 7) is 2.88. The summed E-state index contributed by atoms with van der Waals surface area (Å²) in [6, 6.07) is 3.45. The zero-order valence-corrected chi connectivity index (χ0v) is 13.0. The highest BCUT2D eigenvalue weighted by molar-refractivity contribution is 5.91. The first-order valence-corrected chi connectivity index (χ1v) is 7.93. The van der Waals surface area contributed by atoms with Crippen LogP contribution in [0.4, 0.5) is 0 Å². The Bertz CT molecular complexity index is 533. The van der Waals surface area contributed by atoms with E-state index in [2.05, 4.69) is 10.2 Å². The Morgan fingerprint density at radius 3 is 2.68 bits per heavy atom. The van der Waals surface area contributed by atoms with Crippen molar-refractivity contribution in [2.45, 2.75) is 31.2 Å². The van der Waals surface area contributed by atoms with Gasteiger partial charge in [0.25, 0.3) is 5.91 Å². The van der Waals surface area contributed by atoms with Gasteiger partial charge in [-0.15, -0.1) is 0 Å². The lowest BCUT2D eigenvalue weighted by molar-refractivity contribution is -0.123. The number of nitrogens with zero attached hydrogens (tertiary/aromatic N) is 2. The molecule has 2 fully saturated rings. The molecule has 6 nitrogen and oxygen atoms in total. The van der Waals surface area contributed by atoms with Crippen LogP contribution < -0.4 is 5.32 Å². The fourth-order valence-corrected chi connectivity index (χ4v) is 3.74. The van der Waals surface area contributed by atoms with E-state index >= 15 is 0 Å². The van der Waals surface area contributed by atoms with E-state index in [-0.39, 0.29) is 17.4 Å². The van der Waals surface area contributed by atoms with Crippen LogP contribution in [-0.4, -0.2) is 60.4 Å². The maximum atomic E-state index is 12.3. The third-order valence-corrected chi connectivity index (χ3v) is 5.07. The van der Waals surface area contributed by atoms with Gasteiger partial charge >= 0.3 is 0 Å². The first-order chi connectivity index (χ1) is 10.6. The number of piperidine rings is 1. The van der Waals surface area contributed by atoms with E-state index in [1.54, 1.807) is 19.2 Å². The Labute approximate surface area is 130 Å². The lowest BCUT2D eigenvalue weighted by atomic mass is 9.85. The molecule has 3 heterocycles. The van der Waals surface area contributed by atoms with Crippen LogP contribution in [0, 0.1) is 0 Å². The van der Waals surface area contributed by atoms with E-state index < -0.39 is 0 Å². The molecule has 2 aliphatic heterocycles. The van der Waals surface area contributed by atoms with Crippen molar-refractivity contribution in [2.24, 2.45) is 0 Å². The van der Waals surface area contributed by atoms with E-state index in [0.29, 0.717) is 12.3 Å². The van der Waals surface area contributed by atoms with Gasteiger partial charge in [-0.3, -0.25) is 14.5 Å². The molecule has 22 heavy (non-hydrogen) atoms. The molecule has 0 atom stereocenters. The van der Waals surface area contributed by atoms with Crippen molar-refractivity contribution in [3.8, 4) is 0 Å². The third kappa shape index (κ3) is 2.75. The van der Waals surface area contributed by atoms with Gasteiger partial charge in [0.1, 0.15) is 0 Å². The first-order valence-electron chi connectivity index (χ1n) is 7.93. The summed E-state index contributed by atoms with van der Waals surface area (Å²) in [5.41, 5.74) is 0.0897. The van der Waals surface area contributed by atoms with Gasteiger partial charge in [0.05, 0.1) is 12.8 Å². The molecule has 2 saturated heterocycles. The highest BCUT2D eigenvalue weighted by Crippen LogP contribution is 2.38. The Kier molecular flexibility index (Phi) is 4.20. The third-order valence-electron chi connectivity index (χ3n) is 5.07. The number of rotatable bonds is 3. The lowest BCUT2D eigenvalue weighted by Gasteiger charge is -2.44. The second-order valence-electron chi connectivity index (χ2n) is 6.19. The molecule has 1 spiro atoms. The van der Waals surface area contributed by atoms with E-state index in [1.165, 1.54) is 6.26 Å². The number of carbonyl (C=O) groups is 2. The van der Waals surface area contributed by atoms with Crippen LogP contribution >= 0.6 is 0 Å². The Morgan fingerprint density at radius 2 is 2.05 bits per heavy atom. The van der Waals surface area contributed by atoms with Crippen molar-refractivity contribution in [2.75, 3.05) is 33.2 Å². The smallest absolute Gasteiger partial charge is 0.289 e. The molecule has 1 aromatic heterocycles. The SMILES string of the molecule is CNC(=O)CN1CCCC12CCN(C(=O)c1ccco1)CC2. The molecule has 6 heteroatoms. The predicted molar refractivity (Wildman–Crippen MR) is 81.5 cm³/mol. The fraction of sp³-hybridized carbons (Fsp3) is 0.625. The molecule has 0 bridgehead atoms. The molecular weight excluding hydrogens is 282 g/mol. The van der Waals surface area contributed by atoms with E-state index in [9.17, 15) is 9.59 Å². The molecule has 2 amide bonds. The van der Waals surface area contributed by atoms with E-state index in [4.69, 9.17) is 4.42 Å². The predicted octanol–water partition coefficient (Wildman–Crippen LogP) is 1.10. The van der Waals surface area contributed by atoms with Gasteiger partial charge < -0.3 is 14.6 Å². The number of likely N-dealkylation sites (N-methyl/N-ethyl adjacent to an activating group) is 1. The van der Waals surface area contributed by atoms with Crippen LogP contribution in [0.25, 0.3) is 0 Å². The van der Waals surface area contributed by atoms with Gasteiger partial charge in [0, 0.05) is 25.7 Å². The van der Waals surface area contributed by atoms with Gasteiger partial charge in [-0.1, -0.05) is 0 Å². The van der Waals surface area contributed by atoms with Crippen molar-refractivity contribution in [3.05, 3.63) is 24.2 Å². The molecule has 0 aliphatic carbocycles. The molecule has 3 rings (SSSR count). The fourth-order valence-electron chi connectivity index (χ4n) is 3.74. The van der Waals surface area contributed by atoms with E-state index in [1.807, 2.05) is 4.90 Å². The van der Waals surface area contributed by atoms with Crippen LogP contribution in [0.5, 0.6) is 0 Å². The minimum atomic E-state index is -0.0318. The number of furan rings is 1. The summed E-state index contributed by atoms with van der Waals surface area (Å²) in [5, 5.41) is 2.70. The molecule has 0 radical (unpaired) electrons. The maximum Gasteiger partial charge on any atom is 0.289 e. The van der Waals surface area contributed by atoms with Crippen molar-refractivity contribution >= 4 is 11.8 Å². The van der Waals surface area contributed by atoms with Gasteiger partial charge in [0.2, 0.25) is 5.91 Å². The number of hydrogen-bond donors (Lipinski definition) is 1. The molecule has 0 aromatic carbocycles. The first kappa shape index (κ1) is 15.1. The second-order valence-corrected chi connectivity index (χ2v) is 6.19. The van der Waals surface area contributed by atoms with Crippen molar-refractivity contribution in [3.63, 3.8) is 0 Å². The summed E-state index contributed by atoms with van der Waals surface area (Å²) in [7, 11) is 1.68. The zero-order chi connectivity index (χ0) is 15.6. The van der Waals surface area contributed by atoms with Crippen molar-refractivity contribution in [1.29, 1.82) is 0 Å².